The van der Waals surface area contributed by atoms with Gasteiger partial charge in [-0.2, -0.15) is 0 Å². The van der Waals surface area contributed by atoms with Gasteiger partial charge in [-0.1, -0.05) is 35.2 Å². The van der Waals surface area contributed by atoms with Gasteiger partial charge in [0.15, 0.2) is 0 Å². The first-order chi connectivity index (χ1) is 9.15. The third kappa shape index (κ3) is 4.44. The molecule has 1 aliphatic carbocycles. The normalized spacial score (nSPS) is 26.7. The first-order valence-electron chi connectivity index (χ1n) is 8.13. The molecule has 1 heterocycles. The average Bonchev–Trinajstić information content (AvgIpc) is 2.78. The molecule has 1 unspecified atom stereocenters. The molecule has 3 heteroatoms. The molecule has 19 heavy (non-hydrogen) atoms. The van der Waals surface area contributed by atoms with Crippen molar-refractivity contribution in [2.24, 2.45) is 0 Å². The van der Waals surface area contributed by atoms with Gasteiger partial charge in [-0.3, -0.25) is 4.90 Å². The maximum Gasteiger partial charge on any atom is 0.0710 e. The molecule has 0 aromatic carbocycles. The van der Waals surface area contributed by atoms with Gasteiger partial charge in [0.05, 0.1) is 11.7 Å². The Labute approximate surface area is 127 Å². The number of hydrogen-bond donors (Lipinski definition) is 0. The Kier molecular flexibility index (Phi) is 6.16. The first-order valence-corrected chi connectivity index (χ1v) is 9.25. The SMILES string of the molecule is CC(C)N(CCCBr)CC1CCC2(CCCCC2)O1. The Morgan fingerprint density at radius 3 is 2.58 bits per heavy atom. The van der Waals surface area contributed by atoms with Crippen molar-refractivity contribution >= 4 is 15.9 Å². The van der Waals surface area contributed by atoms with Gasteiger partial charge in [0.2, 0.25) is 0 Å². The fraction of sp³-hybridized carbons (Fsp3) is 1.00. The Morgan fingerprint density at radius 2 is 1.95 bits per heavy atom. The van der Waals surface area contributed by atoms with E-state index in [1.165, 1.54) is 57.9 Å². The maximum absolute atomic E-state index is 6.50. The van der Waals surface area contributed by atoms with Gasteiger partial charge in [0, 0.05) is 17.9 Å². The molecule has 0 aromatic rings. The standard InChI is InChI=1S/C16H30BrNO/c1-14(2)18(12-6-11-17)13-15-7-10-16(19-15)8-4-3-5-9-16/h14-15H,3-13H2,1-2H3. The summed E-state index contributed by atoms with van der Waals surface area (Å²) in [7, 11) is 0. The van der Waals surface area contributed by atoms with Gasteiger partial charge < -0.3 is 4.74 Å². The van der Waals surface area contributed by atoms with Gasteiger partial charge in [-0.05, 0) is 52.5 Å². The summed E-state index contributed by atoms with van der Waals surface area (Å²) in [6.45, 7) is 6.93. The van der Waals surface area contributed by atoms with Crippen molar-refractivity contribution in [3.63, 3.8) is 0 Å². The van der Waals surface area contributed by atoms with Crippen molar-refractivity contribution in [1.82, 2.24) is 4.90 Å². The number of halogens is 1. The Morgan fingerprint density at radius 1 is 1.21 bits per heavy atom. The molecule has 112 valence electrons. The Bertz CT molecular complexity index is 263. The summed E-state index contributed by atoms with van der Waals surface area (Å²) >= 11 is 3.54. The molecule has 1 aliphatic heterocycles. The lowest BCUT2D eigenvalue weighted by Crippen LogP contribution is -2.40. The highest BCUT2D eigenvalue weighted by Crippen LogP contribution is 2.42. The lowest BCUT2D eigenvalue weighted by Gasteiger charge is -2.35. The fourth-order valence-electron chi connectivity index (χ4n) is 3.67. The fourth-order valence-corrected chi connectivity index (χ4v) is 3.92. The van der Waals surface area contributed by atoms with Crippen LogP contribution in [-0.4, -0.2) is 41.1 Å². The van der Waals surface area contributed by atoms with Crippen LogP contribution in [0.15, 0.2) is 0 Å². The van der Waals surface area contributed by atoms with Crippen LogP contribution in [0.1, 0.15) is 65.2 Å². The molecule has 0 amide bonds. The highest BCUT2D eigenvalue weighted by Gasteiger charge is 2.41. The predicted octanol–water partition coefficient (Wildman–Crippen LogP) is 4.36. The third-order valence-electron chi connectivity index (χ3n) is 4.85. The zero-order chi connectivity index (χ0) is 13.7. The molecule has 1 saturated carbocycles. The van der Waals surface area contributed by atoms with Gasteiger partial charge in [-0.15, -0.1) is 0 Å². The lowest BCUT2D eigenvalue weighted by molar-refractivity contribution is -0.0738. The number of alkyl halides is 1. The summed E-state index contributed by atoms with van der Waals surface area (Å²) in [4.78, 5) is 2.59. The van der Waals surface area contributed by atoms with Crippen LogP contribution >= 0.6 is 15.9 Å². The Balaban J connectivity index is 1.82. The van der Waals surface area contributed by atoms with Crippen LogP contribution < -0.4 is 0 Å². The smallest absolute Gasteiger partial charge is 0.0710 e. The molecule has 2 rings (SSSR count). The third-order valence-corrected chi connectivity index (χ3v) is 5.41. The minimum absolute atomic E-state index is 0.279. The highest BCUT2D eigenvalue weighted by atomic mass is 79.9. The van der Waals surface area contributed by atoms with Crippen LogP contribution in [0.3, 0.4) is 0 Å². The van der Waals surface area contributed by atoms with E-state index < -0.39 is 0 Å². The molecule has 0 bridgehead atoms. The molecular formula is C16H30BrNO. The predicted molar refractivity (Wildman–Crippen MR) is 85.0 cm³/mol. The number of nitrogens with zero attached hydrogens (tertiary/aromatic N) is 1. The summed E-state index contributed by atoms with van der Waals surface area (Å²) < 4.78 is 6.50. The van der Waals surface area contributed by atoms with Gasteiger partial charge in [-0.25, -0.2) is 0 Å². The van der Waals surface area contributed by atoms with Gasteiger partial charge in [0.1, 0.15) is 0 Å². The molecule has 0 aromatic heterocycles. The molecule has 2 fully saturated rings. The second-order valence-corrected chi connectivity index (χ2v) is 7.45. The van der Waals surface area contributed by atoms with E-state index in [-0.39, 0.29) is 5.60 Å². The number of hydrogen-bond acceptors (Lipinski definition) is 2. The van der Waals surface area contributed by atoms with Crippen LogP contribution in [0.25, 0.3) is 0 Å². The average molecular weight is 332 g/mol. The van der Waals surface area contributed by atoms with Crippen LogP contribution in [0.2, 0.25) is 0 Å². The molecule has 2 aliphatic rings. The van der Waals surface area contributed by atoms with E-state index in [4.69, 9.17) is 4.74 Å². The quantitative estimate of drug-likeness (QED) is 0.670. The van der Waals surface area contributed by atoms with Gasteiger partial charge >= 0.3 is 0 Å². The van der Waals surface area contributed by atoms with Crippen LogP contribution in [-0.2, 0) is 4.74 Å². The van der Waals surface area contributed by atoms with Crippen molar-refractivity contribution in [2.45, 2.75) is 83.0 Å². The monoisotopic (exact) mass is 331 g/mol. The highest BCUT2D eigenvalue weighted by molar-refractivity contribution is 9.09. The van der Waals surface area contributed by atoms with E-state index >= 15 is 0 Å². The molecule has 2 nitrogen and oxygen atoms in total. The minimum Gasteiger partial charge on any atom is -0.370 e. The molecule has 0 radical (unpaired) electrons. The minimum atomic E-state index is 0.279. The van der Waals surface area contributed by atoms with Crippen molar-refractivity contribution in [2.75, 3.05) is 18.4 Å². The largest absolute Gasteiger partial charge is 0.370 e. The Hall–Kier alpha value is 0.400. The summed E-state index contributed by atoms with van der Waals surface area (Å²) in [6, 6.07) is 0.630. The summed E-state index contributed by atoms with van der Waals surface area (Å²) in [5.41, 5.74) is 0.279. The topological polar surface area (TPSA) is 12.5 Å². The molecule has 0 N–H and O–H groups in total. The molecule has 1 atom stereocenters. The first kappa shape index (κ1) is 15.8. The molecule has 1 saturated heterocycles. The number of ether oxygens (including phenoxy) is 1. The van der Waals surface area contributed by atoms with Crippen LogP contribution in [0.4, 0.5) is 0 Å². The molecular weight excluding hydrogens is 302 g/mol. The molecule has 1 spiro atoms. The maximum atomic E-state index is 6.50. The van der Waals surface area contributed by atoms with Crippen molar-refractivity contribution in [1.29, 1.82) is 0 Å². The van der Waals surface area contributed by atoms with E-state index in [2.05, 4.69) is 34.7 Å². The zero-order valence-electron chi connectivity index (χ0n) is 12.7. The summed E-state index contributed by atoms with van der Waals surface area (Å²) in [6.07, 6.45) is 11.1. The second kappa shape index (κ2) is 7.42. The van der Waals surface area contributed by atoms with Crippen molar-refractivity contribution in [3.8, 4) is 0 Å². The van der Waals surface area contributed by atoms with E-state index in [0.29, 0.717) is 12.1 Å². The van der Waals surface area contributed by atoms with E-state index in [1.807, 2.05) is 0 Å². The second-order valence-electron chi connectivity index (χ2n) is 6.65. The van der Waals surface area contributed by atoms with Crippen LogP contribution in [0, 0.1) is 0 Å². The van der Waals surface area contributed by atoms with E-state index in [9.17, 15) is 0 Å². The van der Waals surface area contributed by atoms with Crippen molar-refractivity contribution < 1.29 is 4.74 Å². The number of rotatable bonds is 6. The van der Waals surface area contributed by atoms with E-state index in [1.54, 1.807) is 0 Å². The summed E-state index contributed by atoms with van der Waals surface area (Å²) in [5.74, 6) is 0. The lowest BCUT2D eigenvalue weighted by atomic mass is 9.83. The van der Waals surface area contributed by atoms with Gasteiger partial charge in [0.25, 0.3) is 0 Å². The van der Waals surface area contributed by atoms with E-state index in [0.717, 1.165) is 11.9 Å². The zero-order valence-corrected chi connectivity index (χ0v) is 14.3. The van der Waals surface area contributed by atoms with Crippen molar-refractivity contribution in [3.05, 3.63) is 0 Å². The van der Waals surface area contributed by atoms with Crippen LogP contribution in [0.5, 0.6) is 0 Å². The summed E-state index contributed by atoms with van der Waals surface area (Å²) in [5, 5.41) is 1.10.